The van der Waals surface area contributed by atoms with Crippen LogP contribution in [0, 0.1) is 0 Å². The van der Waals surface area contributed by atoms with Gasteiger partial charge < -0.3 is 9.22 Å². The normalized spacial score (nSPS) is 22.2. The molecule has 0 radical (unpaired) electrons. The summed E-state index contributed by atoms with van der Waals surface area (Å²) in [7, 11) is -1.41. The van der Waals surface area contributed by atoms with Crippen LogP contribution in [0.2, 0.25) is 6.04 Å². The first-order valence-corrected chi connectivity index (χ1v) is 7.85. The Balaban J connectivity index is 2.07. The van der Waals surface area contributed by atoms with Crippen molar-refractivity contribution >= 4 is 14.4 Å². The van der Waals surface area contributed by atoms with E-state index in [2.05, 4.69) is 6.92 Å². The van der Waals surface area contributed by atoms with E-state index in [9.17, 15) is 4.79 Å². The second kappa shape index (κ2) is 7.18. The van der Waals surface area contributed by atoms with Crippen LogP contribution < -0.4 is 0 Å². The van der Waals surface area contributed by atoms with Crippen molar-refractivity contribution in [1.29, 1.82) is 0 Å². The van der Waals surface area contributed by atoms with E-state index in [1.54, 1.807) is 0 Å². The highest BCUT2D eigenvalue weighted by Gasteiger charge is 2.23. The molecule has 0 N–H and O–H groups in total. The molecule has 1 rings (SSSR count). The summed E-state index contributed by atoms with van der Waals surface area (Å²) in [5.74, 6) is 0. The van der Waals surface area contributed by atoms with Crippen molar-refractivity contribution in [3.8, 4) is 0 Å². The lowest BCUT2D eigenvalue weighted by Gasteiger charge is -2.19. The zero-order chi connectivity index (χ0) is 10.2. The van der Waals surface area contributed by atoms with E-state index < -0.39 is 9.04 Å². The molecule has 1 heterocycles. The summed E-state index contributed by atoms with van der Waals surface area (Å²) in [6.45, 7) is 3.04. The van der Waals surface area contributed by atoms with Gasteiger partial charge in [0.05, 0.1) is 0 Å². The number of rotatable bonds is 6. The topological polar surface area (TPSA) is 26.3 Å². The third kappa shape index (κ3) is 4.38. The monoisotopic (exact) mass is 214 g/mol. The van der Waals surface area contributed by atoms with Gasteiger partial charge in [-0.2, -0.15) is 0 Å². The number of carbonyl (C=O) groups excluding carboxylic acids is 1. The maximum atomic E-state index is 11.7. The molecule has 2 nitrogen and oxygen atoms in total. The summed E-state index contributed by atoms with van der Waals surface area (Å²) in [5, 5.41) is 0.473. The summed E-state index contributed by atoms with van der Waals surface area (Å²) >= 11 is 0. The first kappa shape index (κ1) is 11.9. The maximum Gasteiger partial charge on any atom is 0.249 e. The van der Waals surface area contributed by atoms with Crippen LogP contribution >= 0.6 is 0 Å². The molecule has 1 fully saturated rings. The Hall–Kier alpha value is -0.153. The number of hydrogen-bond donors (Lipinski definition) is 0. The molecule has 82 valence electrons. The fourth-order valence-electron chi connectivity index (χ4n) is 1.88. The van der Waals surface area contributed by atoms with Crippen LogP contribution in [0.5, 0.6) is 0 Å². The van der Waals surface area contributed by atoms with Gasteiger partial charge in [0.2, 0.25) is 9.04 Å². The van der Waals surface area contributed by atoms with E-state index in [4.69, 9.17) is 4.43 Å². The van der Waals surface area contributed by atoms with E-state index in [1.165, 1.54) is 25.7 Å². The third-order valence-corrected chi connectivity index (χ3v) is 5.39. The molecule has 0 spiro atoms. The van der Waals surface area contributed by atoms with Gasteiger partial charge in [0, 0.05) is 13.0 Å². The van der Waals surface area contributed by atoms with E-state index in [0.717, 1.165) is 31.9 Å². The standard InChI is InChI=1S/C11H22O2Si/c1-2-3-4-5-8-11(12)14-10-7-6-9-13-14/h14H,2-10H2,1H3. The smallest absolute Gasteiger partial charge is 0.249 e. The predicted octanol–water partition coefficient (Wildman–Crippen LogP) is 2.60. The van der Waals surface area contributed by atoms with Crippen LogP contribution in [0.25, 0.3) is 0 Å². The molecule has 0 aliphatic carbocycles. The molecular formula is C11H22O2Si. The highest BCUT2D eigenvalue weighted by atomic mass is 28.3. The van der Waals surface area contributed by atoms with Gasteiger partial charge in [-0.05, 0) is 18.9 Å². The molecule has 1 aliphatic rings. The highest BCUT2D eigenvalue weighted by molar-refractivity contribution is 6.85. The third-order valence-electron chi connectivity index (χ3n) is 2.82. The summed E-state index contributed by atoms with van der Waals surface area (Å²) in [4.78, 5) is 11.7. The van der Waals surface area contributed by atoms with Gasteiger partial charge in [-0.15, -0.1) is 0 Å². The quantitative estimate of drug-likeness (QED) is 0.502. The minimum absolute atomic E-state index is 0.473. The van der Waals surface area contributed by atoms with E-state index in [0.29, 0.717) is 5.41 Å². The van der Waals surface area contributed by atoms with E-state index >= 15 is 0 Å². The van der Waals surface area contributed by atoms with E-state index in [-0.39, 0.29) is 0 Å². The minimum atomic E-state index is -1.41. The van der Waals surface area contributed by atoms with Gasteiger partial charge in [-0.25, -0.2) is 0 Å². The van der Waals surface area contributed by atoms with Crippen molar-refractivity contribution in [3.63, 3.8) is 0 Å². The van der Waals surface area contributed by atoms with Crippen molar-refractivity contribution < 1.29 is 9.22 Å². The lowest BCUT2D eigenvalue weighted by molar-refractivity contribution is -0.113. The second-order valence-electron chi connectivity index (χ2n) is 4.13. The average molecular weight is 214 g/mol. The molecule has 0 aromatic carbocycles. The Morgan fingerprint density at radius 2 is 2.14 bits per heavy atom. The predicted molar refractivity (Wildman–Crippen MR) is 60.9 cm³/mol. The highest BCUT2D eigenvalue weighted by Crippen LogP contribution is 2.14. The molecule has 1 atom stereocenters. The fraction of sp³-hybridized carbons (Fsp3) is 0.909. The summed E-state index contributed by atoms with van der Waals surface area (Å²) < 4.78 is 5.59. The molecule has 0 aromatic rings. The first-order chi connectivity index (χ1) is 6.84. The van der Waals surface area contributed by atoms with Crippen LogP contribution in [0.1, 0.15) is 51.9 Å². The molecular weight excluding hydrogens is 192 g/mol. The Labute approximate surface area is 88.8 Å². The first-order valence-electron chi connectivity index (χ1n) is 5.99. The molecule has 0 bridgehead atoms. The summed E-state index contributed by atoms with van der Waals surface area (Å²) in [6, 6.07) is 1.09. The van der Waals surface area contributed by atoms with Crippen molar-refractivity contribution in [2.45, 2.75) is 57.9 Å². The lowest BCUT2D eigenvalue weighted by Crippen LogP contribution is -2.32. The van der Waals surface area contributed by atoms with Gasteiger partial charge in [0.15, 0.2) is 0 Å². The van der Waals surface area contributed by atoms with E-state index in [1.807, 2.05) is 0 Å². The fourth-order valence-corrected chi connectivity index (χ4v) is 4.19. The van der Waals surface area contributed by atoms with Gasteiger partial charge >= 0.3 is 0 Å². The van der Waals surface area contributed by atoms with Crippen molar-refractivity contribution in [2.24, 2.45) is 0 Å². The lowest BCUT2D eigenvalue weighted by atomic mass is 10.2. The molecule has 1 saturated heterocycles. The second-order valence-corrected chi connectivity index (χ2v) is 6.66. The van der Waals surface area contributed by atoms with Gasteiger partial charge in [0.1, 0.15) is 5.41 Å². The minimum Gasteiger partial charge on any atom is -0.412 e. The number of hydrogen-bond acceptors (Lipinski definition) is 2. The van der Waals surface area contributed by atoms with Gasteiger partial charge in [-0.3, -0.25) is 0 Å². The Morgan fingerprint density at radius 1 is 1.29 bits per heavy atom. The van der Waals surface area contributed by atoms with Crippen molar-refractivity contribution in [1.82, 2.24) is 0 Å². The Bertz CT molecular complexity index is 165. The van der Waals surface area contributed by atoms with Crippen LogP contribution in [0.4, 0.5) is 0 Å². The maximum absolute atomic E-state index is 11.7. The van der Waals surface area contributed by atoms with Crippen LogP contribution in [-0.2, 0) is 9.22 Å². The largest absolute Gasteiger partial charge is 0.412 e. The SMILES string of the molecule is CCCCCCC(=O)[SiH]1CCCCO1. The molecule has 0 saturated carbocycles. The Kier molecular flexibility index (Phi) is 6.11. The Morgan fingerprint density at radius 3 is 2.79 bits per heavy atom. The van der Waals surface area contributed by atoms with Crippen molar-refractivity contribution in [3.05, 3.63) is 0 Å². The molecule has 3 heteroatoms. The number of carbonyl (C=O) groups is 1. The van der Waals surface area contributed by atoms with Crippen LogP contribution in [-0.4, -0.2) is 21.1 Å². The molecule has 0 aromatic heterocycles. The van der Waals surface area contributed by atoms with Crippen molar-refractivity contribution in [2.75, 3.05) is 6.61 Å². The average Bonchev–Trinajstić information content (AvgIpc) is 2.25. The van der Waals surface area contributed by atoms with Crippen LogP contribution in [0.15, 0.2) is 0 Å². The summed E-state index contributed by atoms with van der Waals surface area (Å²) in [5.41, 5.74) is 0. The molecule has 1 unspecified atom stereocenters. The molecule has 0 amide bonds. The zero-order valence-corrected chi connectivity index (χ0v) is 10.4. The van der Waals surface area contributed by atoms with Gasteiger partial charge in [-0.1, -0.05) is 32.6 Å². The van der Waals surface area contributed by atoms with Crippen LogP contribution in [0.3, 0.4) is 0 Å². The van der Waals surface area contributed by atoms with Gasteiger partial charge in [0.25, 0.3) is 0 Å². The molecule has 1 aliphatic heterocycles. The zero-order valence-electron chi connectivity index (χ0n) is 9.26. The number of unbranched alkanes of at least 4 members (excludes halogenated alkanes) is 3. The summed E-state index contributed by atoms with van der Waals surface area (Å²) in [6.07, 6.45) is 7.97. The molecule has 14 heavy (non-hydrogen) atoms.